The Labute approximate surface area is 160 Å². The molecule has 28 heavy (non-hydrogen) atoms. The fourth-order valence-corrected chi connectivity index (χ4v) is 3.98. The number of piperidine rings is 2. The van der Waals surface area contributed by atoms with Gasteiger partial charge < -0.3 is 14.7 Å². The fourth-order valence-electron chi connectivity index (χ4n) is 3.98. The van der Waals surface area contributed by atoms with Gasteiger partial charge in [-0.2, -0.15) is 18.2 Å². The predicted octanol–water partition coefficient (Wildman–Crippen LogP) is 5.05. The summed E-state index contributed by atoms with van der Waals surface area (Å²) in [6, 6.07) is 6.55. The van der Waals surface area contributed by atoms with Crippen molar-refractivity contribution in [3.8, 4) is 17.2 Å². The number of hydrogen-bond donors (Lipinski definition) is 1. The predicted molar refractivity (Wildman–Crippen MR) is 94.5 cm³/mol. The number of ether oxygens (including phenoxy) is 2. The highest BCUT2D eigenvalue weighted by Crippen LogP contribution is 2.41. The van der Waals surface area contributed by atoms with E-state index in [-0.39, 0.29) is 29.7 Å². The normalized spacial score (nSPS) is 25.4. The Hall–Kier alpha value is -2.32. The van der Waals surface area contributed by atoms with Crippen LogP contribution in [-0.4, -0.2) is 33.4 Å². The van der Waals surface area contributed by atoms with E-state index in [9.17, 15) is 18.4 Å². The second-order valence-electron chi connectivity index (χ2n) is 7.28. The van der Waals surface area contributed by atoms with Crippen molar-refractivity contribution in [3.05, 3.63) is 48.3 Å². The van der Waals surface area contributed by atoms with Crippen molar-refractivity contribution < 1.29 is 27.9 Å². The molecule has 0 aliphatic carbocycles. The number of pyridine rings is 1. The van der Waals surface area contributed by atoms with Crippen LogP contribution in [0.25, 0.3) is 0 Å². The molecule has 1 aromatic heterocycles. The average molecular weight is 394 g/mol. The molecular weight excluding hydrogens is 373 g/mol. The van der Waals surface area contributed by atoms with Crippen molar-refractivity contribution in [2.75, 3.05) is 0 Å². The van der Waals surface area contributed by atoms with Gasteiger partial charge in [-0.25, -0.2) is 0 Å². The van der Waals surface area contributed by atoms with Gasteiger partial charge in [0, 0.05) is 31.1 Å². The third-order valence-corrected chi connectivity index (χ3v) is 5.32. The molecule has 3 heterocycles. The minimum absolute atomic E-state index is 0.000544. The lowest BCUT2D eigenvalue weighted by Gasteiger charge is -2.44. The number of rotatable bonds is 4. The number of fused-ring (bicyclic) bond motifs is 2. The second-order valence-corrected chi connectivity index (χ2v) is 7.28. The second kappa shape index (κ2) is 7.60. The van der Waals surface area contributed by atoms with Crippen molar-refractivity contribution >= 4 is 0 Å². The first-order valence-corrected chi connectivity index (χ1v) is 9.33. The Morgan fingerprint density at radius 3 is 2.46 bits per heavy atom. The van der Waals surface area contributed by atoms with Gasteiger partial charge in [0.25, 0.3) is 0 Å². The van der Waals surface area contributed by atoms with Gasteiger partial charge in [0.1, 0.15) is 11.9 Å². The zero-order valence-corrected chi connectivity index (χ0v) is 15.1. The molecular formula is C20H21F3N2O3. The van der Waals surface area contributed by atoms with Gasteiger partial charge in [0.2, 0.25) is 0 Å². The topological polar surface area (TPSA) is 54.8 Å². The molecule has 150 valence electrons. The maximum Gasteiger partial charge on any atom is 0.416 e. The molecule has 8 heteroatoms. The molecule has 0 spiro atoms. The lowest BCUT2D eigenvalue weighted by molar-refractivity contribution is -0.207. The van der Waals surface area contributed by atoms with Crippen LogP contribution in [0.1, 0.15) is 37.7 Å². The van der Waals surface area contributed by atoms with Crippen LogP contribution in [0.15, 0.2) is 42.7 Å². The van der Waals surface area contributed by atoms with E-state index in [0.29, 0.717) is 18.6 Å². The van der Waals surface area contributed by atoms with Crippen molar-refractivity contribution in [1.82, 2.24) is 10.0 Å². The zero-order chi connectivity index (χ0) is 19.7. The summed E-state index contributed by atoms with van der Waals surface area (Å²) in [6.45, 7) is 0. The van der Waals surface area contributed by atoms with E-state index in [2.05, 4.69) is 4.98 Å². The van der Waals surface area contributed by atoms with E-state index in [1.54, 1.807) is 18.3 Å². The molecule has 2 atom stereocenters. The minimum Gasteiger partial charge on any atom is -0.486 e. The quantitative estimate of drug-likeness (QED) is 0.787. The molecule has 2 aliphatic heterocycles. The third kappa shape index (κ3) is 4.07. The number of halogens is 3. The smallest absolute Gasteiger partial charge is 0.416 e. The van der Waals surface area contributed by atoms with Crippen molar-refractivity contribution in [3.63, 3.8) is 0 Å². The molecule has 1 aromatic carbocycles. The van der Waals surface area contributed by atoms with Gasteiger partial charge in [-0.05, 0) is 43.2 Å². The summed E-state index contributed by atoms with van der Waals surface area (Å²) in [6.07, 6.45) is 2.40. The molecule has 2 aromatic rings. The third-order valence-electron chi connectivity index (χ3n) is 5.32. The molecule has 5 nitrogen and oxygen atoms in total. The molecule has 2 bridgehead atoms. The van der Waals surface area contributed by atoms with Crippen molar-refractivity contribution in [2.24, 2.45) is 0 Å². The number of hydrogen-bond acceptors (Lipinski definition) is 5. The molecule has 2 fully saturated rings. The monoisotopic (exact) mass is 394 g/mol. The number of hydroxylamine groups is 2. The summed E-state index contributed by atoms with van der Waals surface area (Å²) in [4.78, 5) is 3.92. The van der Waals surface area contributed by atoms with Gasteiger partial charge in [-0.1, -0.05) is 6.42 Å². The van der Waals surface area contributed by atoms with Crippen LogP contribution < -0.4 is 9.47 Å². The largest absolute Gasteiger partial charge is 0.486 e. The Morgan fingerprint density at radius 1 is 1.07 bits per heavy atom. The van der Waals surface area contributed by atoms with E-state index in [0.717, 1.165) is 31.4 Å². The highest BCUT2D eigenvalue weighted by Gasteiger charge is 2.39. The van der Waals surface area contributed by atoms with E-state index < -0.39 is 11.7 Å². The van der Waals surface area contributed by atoms with Crippen LogP contribution >= 0.6 is 0 Å². The summed E-state index contributed by atoms with van der Waals surface area (Å²) in [5, 5.41) is 11.6. The van der Waals surface area contributed by atoms with Crippen LogP contribution in [0, 0.1) is 0 Å². The van der Waals surface area contributed by atoms with Gasteiger partial charge in [0.05, 0.1) is 11.8 Å². The first-order valence-electron chi connectivity index (χ1n) is 9.33. The first-order chi connectivity index (χ1) is 13.4. The highest BCUT2D eigenvalue weighted by atomic mass is 19.4. The molecule has 0 saturated carbocycles. The van der Waals surface area contributed by atoms with E-state index >= 15 is 0 Å². The number of benzene rings is 1. The lowest BCUT2D eigenvalue weighted by Crippen LogP contribution is -2.52. The summed E-state index contributed by atoms with van der Waals surface area (Å²) in [7, 11) is 0. The van der Waals surface area contributed by atoms with Crippen LogP contribution in [0.3, 0.4) is 0 Å². The molecule has 2 aliphatic rings. The first kappa shape index (κ1) is 19.0. The Balaban J connectivity index is 1.59. The Kier molecular flexibility index (Phi) is 5.16. The van der Waals surface area contributed by atoms with E-state index in [1.165, 1.54) is 17.3 Å². The summed E-state index contributed by atoms with van der Waals surface area (Å²) in [5.74, 6) is 0.583. The average Bonchev–Trinajstić information content (AvgIpc) is 2.64. The Bertz CT molecular complexity index is 802. The van der Waals surface area contributed by atoms with Gasteiger partial charge in [-0.15, -0.1) is 0 Å². The maximum absolute atomic E-state index is 13.2. The molecule has 2 saturated heterocycles. The molecule has 0 radical (unpaired) electrons. The highest BCUT2D eigenvalue weighted by molar-refractivity contribution is 5.46. The Morgan fingerprint density at radius 2 is 1.82 bits per heavy atom. The van der Waals surface area contributed by atoms with Crippen molar-refractivity contribution in [2.45, 2.75) is 56.5 Å². The fraction of sp³-hybridized carbons (Fsp3) is 0.450. The minimum atomic E-state index is -4.48. The standard InChI is InChI=1S/C20H21F3N2O3/c21-20(22,23)13-6-7-18(19(9-13)27-16-5-2-8-24-12-16)28-17-10-14-3-1-4-15(11-17)25(14)26/h2,5-9,12,14-15,17,26H,1,3-4,10-11H2/t14-,15-/m1/s1. The molecule has 0 unspecified atom stereocenters. The number of alkyl halides is 3. The van der Waals surface area contributed by atoms with Crippen LogP contribution in [-0.2, 0) is 6.18 Å². The van der Waals surface area contributed by atoms with Gasteiger partial charge in [-0.3, -0.25) is 4.98 Å². The van der Waals surface area contributed by atoms with Gasteiger partial charge >= 0.3 is 6.18 Å². The van der Waals surface area contributed by atoms with Crippen LogP contribution in [0.2, 0.25) is 0 Å². The lowest BCUT2D eigenvalue weighted by atomic mass is 9.85. The summed E-state index contributed by atoms with van der Waals surface area (Å²) < 4.78 is 51.2. The zero-order valence-electron chi connectivity index (χ0n) is 15.1. The molecule has 4 rings (SSSR count). The number of nitrogens with zero attached hydrogens (tertiary/aromatic N) is 2. The van der Waals surface area contributed by atoms with Crippen LogP contribution in [0.5, 0.6) is 17.2 Å². The molecule has 0 amide bonds. The van der Waals surface area contributed by atoms with Gasteiger partial charge in [0.15, 0.2) is 11.5 Å². The SMILES string of the molecule is ON1[C@@H]2CCC[C@@H]1CC(Oc1ccc(C(F)(F)F)cc1Oc1cccnc1)C2. The summed E-state index contributed by atoms with van der Waals surface area (Å²) >= 11 is 0. The molecule has 1 N–H and O–H groups in total. The van der Waals surface area contributed by atoms with Crippen molar-refractivity contribution in [1.29, 1.82) is 0 Å². The van der Waals surface area contributed by atoms with Crippen LogP contribution in [0.4, 0.5) is 13.2 Å². The summed E-state index contributed by atoms with van der Waals surface area (Å²) in [5.41, 5.74) is -0.805. The van der Waals surface area contributed by atoms with E-state index in [1.807, 2.05) is 0 Å². The number of aromatic nitrogens is 1. The maximum atomic E-state index is 13.2. The van der Waals surface area contributed by atoms with E-state index in [4.69, 9.17) is 9.47 Å².